The summed E-state index contributed by atoms with van der Waals surface area (Å²) in [6, 6.07) is 9.00. The average Bonchev–Trinajstić information content (AvgIpc) is 2.54. The summed E-state index contributed by atoms with van der Waals surface area (Å²) in [5, 5.41) is 3.77. The van der Waals surface area contributed by atoms with Gasteiger partial charge in [-0.05, 0) is 31.0 Å². The predicted molar refractivity (Wildman–Crippen MR) is 93.3 cm³/mol. The summed E-state index contributed by atoms with van der Waals surface area (Å²) in [6.45, 7) is 5.57. The lowest BCUT2D eigenvalue weighted by molar-refractivity contribution is 0.0749. The molecule has 1 aromatic heterocycles. The molecule has 0 aliphatic rings. The van der Waals surface area contributed by atoms with E-state index in [0.717, 1.165) is 31.6 Å². The number of hydrogen-bond acceptors (Lipinski definition) is 4. The largest absolute Gasteiger partial charge is 0.340 e. The summed E-state index contributed by atoms with van der Waals surface area (Å²) in [6.07, 6.45) is 3.24. The molecule has 5 nitrogen and oxygen atoms in total. The summed E-state index contributed by atoms with van der Waals surface area (Å²) in [4.78, 5) is 22.7. The minimum absolute atomic E-state index is 0.0646. The number of aromatic nitrogens is 2. The second-order valence-corrected chi connectivity index (χ2v) is 5.65. The van der Waals surface area contributed by atoms with Crippen molar-refractivity contribution in [2.24, 2.45) is 0 Å². The molecule has 0 aliphatic heterocycles. The zero-order valence-electron chi connectivity index (χ0n) is 13.4. The lowest BCUT2D eigenvalue weighted by Crippen LogP contribution is -2.33. The first kappa shape index (κ1) is 17.2. The normalized spacial score (nSPS) is 10.4. The molecule has 0 saturated carbocycles. The van der Waals surface area contributed by atoms with Crippen molar-refractivity contribution in [3.8, 4) is 0 Å². The Hall–Kier alpha value is -2.14. The third-order valence-corrected chi connectivity index (χ3v) is 3.49. The van der Waals surface area contributed by atoms with Gasteiger partial charge in [0.1, 0.15) is 17.8 Å². The zero-order chi connectivity index (χ0) is 16.7. The summed E-state index contributed by atoms with van der Waals surface area (Å²) in [7, 11) is 0. The number of rotatable bonds is 7. The first-order valence-electron chi connectivity index (χ1n) is 7.78. The molecule has 1 aromatic carbocycles. The quantitative estimate of drug-likeness (QED) is 0.828. The van der Waals surface area contributed by atoms with E-state index in [1.54, 1.807) is 18.2 Å². The van der Waals surface area contributed by atoms with Crippen LogP contribution in [-0.4, -0.2) is 33.9 Å². The van der Waals surface area contributed by atoms with E-state index < -0.39 is 0 Å². The lowest BCUT2D eigenvalue weighted by atomic mass is 10.2. The van der Waals surface area contributed by atoms with Crippen LogP contribution in [0.1, 0.15) is 37.2 Å². The minimum atomic E-state index is -0.0646. The molecule has 0 bridgehead atoms. The van der Waals surface area contributed by atoms with Gasteiger partial charge in [0, 0.05) is 29.9 Å². The smallest absolute Gasteiger partial charge is 0.272 e. The Labute approximate surface area is 141 Å². The van der Waals surface area contributed by atoms with Crippen molar-refractivity contribution < 1.29 is 4.79 Å². The van der Waals surface area contributed by atoms with Crippen LogP contribution in [0.25, 0.3) is 0 Å². The highest BCUT2D eigenvalue weighted by Gasteiger charge is 2.16. The molecule has 23 heavy (non-hydrogen) atoms. The molecule has 2 rings (SSSR count). The second-order valence-electron chi connectivity index (χ2n) is 5.22. The van der Waals surface area contributed by atoms with Gasteiger partial charge < -0.3 is 10.2 Å². The first-order valence-corrected chi connectivity index (χ1v) is 8.15. The highest BCUT2D eigenvalue weighted by molar-refractivity contribution is 6.30. The number of hydrogen-bond donors (Lipinski definition) is 1. The molecule has 1 N–H and O–H groups in total. The van der Waals surface area contributed by atoms with E-state index in [4.69, 9.17) is 11.6 Å². The third-order valence-electron chi connectivity index (χ3n) is 3.26. The van der Waals surface area contributed by atoms with Gasteiger partial charge in [-0.15, -0.1) is 0 Å². The maximum absolute atomic E-state index is 12.6. The number of nitrogens with zero attached hydrogens (tertiary/aromatic N) is 3. The van der Waals surface area contributed by atoms with Gasteiger partial charge in [0.2, 0.25) is 0 Å². The Morgan fingerprint density at radius 3 is 2.57 bits per heavy atom. The van der Waals surface area contributed by atoms with Crippen molar-refractivity contribution in [2.45, 2.75) is 26.7 Å². The Morgan fingerprint density at radius 1 is 1.17 bits per heavy atom. The van der Waals surface area contributed by atoms with Gasteiger partial charge in [-0.2, -0.15) is 0 Å². The van der Waals surface area contributed by atoms with Crippen molar-refractivity contribution in [1.82, 2.24) is 14.9 Å². The van der Waals surface area contributed by atoms with E-state index in [0.29, 0.717) is 16.5 Å². The van der Waals surface area contributed by atoms with Crippen LogP contribution in [0.3, 0.4) is 0 Å². The molecule has 0 aliphatic carbocycles. The summed E-state index contributed by atoms with van der Waals surface area (Å²) in [5.74, 6) is 0.504. The van der Waals surface area contributed by atoms with Gasteiger partial charge >= 0.3 is 0 Å². The maximum atomic E-state index is 12.6. The number of anilines is 2. The van der Waals surface area contributed by atoms with E-state index in [1.165, 1.54) is 6.33 Å². The second kappa shape index (κ2) is 8.48. The first-order chi connectivity index (χ1) is 11.1. The summed E-state index contributed by atoms with van der Waals surface area (Å²) >= 11 is 5.97. The Kier molecular flexibility index (Phi) is 6.35. The van der Waals surface area contributed by atoms with Gasteiger partial charge in [0.25, 0.3) is 5.91 Å². The number of nitrogens with one attached hydrogen (secondary N) is 1. The fraction of sp³-hybridized carbons (Fsp3) is 0.353. The Morgan fingerprint density at radius 2 is 1.91 bits per heavy atom. The van der Waals surface area contributed by atoms with Crippen LogP contribution in [0.5, 0.6) is 0 Å². The Balaban J connectivity index is 2.16. The van der Waals surface area contributed by atoms with Crippen molar-refractivity contribution in [2.75, 3.05) is 18.4 Å². The van der Waals surface area contributed by atoms with Crippen LogP contribution in [0.15, 0.2) is 36.7 Å². The van der Waals surface area contributed by atoms with Crippen LogP contribution in [0.4, 0.5) is 11.5 Å². The number of carbonyl (C=O) groups is 1. The molecule has 6 heteroatoms. The fourth-order valence-electron chi connectivity index (χ4n) is 2.27. The van der Waals surface area contributed by atoms with E-state index in [2.05, 4.69) is 29.1 Å². The molecule has 2 aromatic rings. The molecule has 122 valence electrons. The van der Waals surface area contributed by atoms with Crippen LogP contribution in [0, 0.1) is 0 Å². The highest BCUT2D eigenvalue weighted by atomic mass is 35.5. The van der Waals surface area contributed by atoms with Gasteiger partial charge in [0.15, 0.2) is 0 Å². The van der Waals surface area contributed by atoms with E-state index in [1.807, 2.05) is 17.0 Å². The highest BCUT2D eigenvalue weighted by Crippen LogP contribution is 2.19. The molecule has 0 spiro atoms. The molecule has 0 fully saturated rings. The van der Waals surface area contributed by atoms with Crippen LogP contribution < -0.4 is 5.32 Å². The molecule has 0 unspecified atom stereocenters. The van der Waals surface area contributed by atoms with Gasteiger partial charge in [-0.3, -0.25) is 4.79 Å². The van der Waals surface area contributed by atoms with Crippen molar-refractivity contribution in [3.63, 3.8) is 0 Å². The molecule has 0 atom stereocenters. The molecule has 0 saturated heterocycles. The van der Waals surface area contributed by atoms with Crippen LogP contribution in [0.2, 0.25) is 5.02 Å². The van der Waals surface area contributed by atoms with Gasteiger partial charge in [-0.1, -0.05) is 31.5 Å². The lowest BCUT2D eigenvalue weighted by Gasteiger charge is -2.21. The minimum Gasteiger partial charge on any atom is -0.340 e. The topological polar surface area (TPSA) is 58.1 Å². The number of benzene rings is 1. The van der Waals surface area contributed by atoms with Crippen LogP contribution >= 0.6 is 11.6 Å². The summed E-state index contributed by atoms with van der Waals surface area (Å²) in [5.41, 5.74) is 1.21. The summed E-state index contributed by atoms with van der Waals surface area (Å²) < 4.78 is 0. The van der Waals surface area contributed by atoms with E-state index >= 15 is 0 Å². The molecule has 0 radical (unpaired) electrons. The molecular formula is C17H21ClN4O. The number of carbonyl (C=O) groups excluding carboxylic acids is 1. The van der Waals surface area contributed by atoms with Gasteiger partial charge in [-0.25, -0.2) is 9.97 Å². The van der Waals surface area contributed by atoms with Crippen molar-refractivity contribution >= 4 is 29.0 Å². The van der Waals surface area contributed by atoms with E-state index in [9.17, 15) is 4.79 Å². The van der Waals surface area contributed by atoms with Crippen molar-refractivity contribution in [1.29, 1.82) is 0 Å². The van der Waals surface area contributed by atoms with Crippen LogP contribution in [-0.2, 0) is 0 Å². The molecule has 1 heterocycles. The van der Waals surface area contributed by atoms with Gasteiger partial charge in [0.05, 0.1) is 0 Å². The molecular weight excluding hydrogens is 312 g/mol. The molecule has 1 amide bonds. The predicted octanol–water partition coefficient (Wildman–Crippen LogP) is 4.14. The standard InChI is InChI=1S/C17H21ClN4O/c1-3-8-22(9-4-2)17(23)15-11-16(20-12-19-15)21-14-7-5-6-13(18)10-14/h5-7,10-12H,3-4,8-9H2,1-2H3,(H,19,20,21). The third kappa shape index (κ3) is 4.93. The monoisotopic (exact) mass is 332 g/mol. The van der Waals surface area contributed by atoms with Crippen molar-refractivity contribution in [3.05, 3.63) is 47.4 Å². The number of halogens is 1. The maximum Gasteiger partial charge on any atom is 0.272 e. The zero-order valence-corrected chi connectivity index (χ0v) is 14.2. The van der Waals surface area contributed by atoms with E-state index in [-0.39, 0.29) is 5.91 Å². The SMILES string of the molecule is CCCN(CCC)C(=O)c1cc(Nc2cccc(Cl)c2)ncn1. The average molecular weight is 333 g/mol. The Bertz CT molecular complexity index is 657. The fourth-order valence-corrected chi connectivity index (χ4v) is 2.46. The number of amides is 1.